The molecule has 0 saturated carbocycles. The van der Waals surface area contributed by atoms with Gasteiger partial charge in [-0.1, -0.05) is 54.6 Å². The van der Waals surface area contributed by atoms with Gasteiger partial charge in [-0.15, -0.1) is 0 Å². The van der Waals surface area contributed by atoms with Gasteiger partial charge in [-0.2, -0.15) is 0 Å². The molecule has 0 fully saturated rings. The number of allylic oxidation sites excluding steroid dienone is 1. The molecule has 0 aliphatic carbocycles. The lowest BCUT2D eigenvalue weighted by Gasteiger charge is -2.18. The van der Waals surface area contributed by atoms with Crippen molar-refractivity contribution in [1.82, 2.24) is 0 Å². The van der Waals surface area contributed by atoms with E-state index in [-0.39, 0.29) is 18.1 Å². The van der Waals surface area contributed by atoms with Gasteiger partial charge in [0.15, 0.2) is 5.76 Å². The van der Waals surface area contributed by atoms with E-state index in [0.717, 1.165) is 11.1 Å². The molecule has 4 rings (SSSR count). The normalized spacial score (nSPS) is 14.6. The number of aryl methyl sites for hydroxylation is 1. The predicted molar refractivity (Wildman–Crippen MR) is 117 cm³/mol. The minimum atomic E-state index is -0.918. The van der Waals surface area contributed by atoms with Gasteiger partial charge in [-0.25, -0.2) is 4.79 Å². The molecule has 31 heavy (non-hydrogen) atoms. The quantitative estimate of drug-likeness (QED) is 0.405. The van der Waals surface area contributed by atoms with Crippen LogP contribution in [0.5, 0.6) is 11.5 Å². The Balaban J connectivity index is 1.60. The number of ether oxygens (including phenoxy) is 3. The molecule has 0 aromatic heterocycles. The van der Waals surface area contributed by atoms with Crippen LogP contribution in [0.2, 0.25) is 0 Å². The molecule has 1 aliphatic heterocycles. The number of ketones is 1. The Morgan fingerprint density at radius 2 is 1.77 bits per heavy atom. The lowest BCUT2D eigenvalue weighted by Crippen LogP contribution is -2.21. The van der Waals surface area contributed by atoms with Crippen molar-refractivity contribution in [1.29, 1.82) is 0 Å². The molecule has 0 amide bonds. The number of benzene rings is 3. The van der Waals surface area contributed by atoms with E-state index in [1.165, 1.54) is 0 Å². The fraction of sp³-hybridized carbons (Fsp3) is 0.154. The molecule has 3 aromatic carbocycles. The second-order valence-corrected chi connectivity index (χ2v) is 7.11. The van der Waals surface area contributed by atoms with E-state index in [9.17, 15) is 9.59 Å². The van der Waals surface area contributed by atoms with Crippen molar-refractivity contribution >= 4 is 17.8 Å². The summed E-state index contributed by atoms with van der Waals surface area (Å²) in [6.45, 7) is 3.97. The van der Waals surface area contributed by atoms with Crippen molar-refractivity contribution in [2.75, 3.05) is 6.61 Å². The number of esters is 1. The molecular weight excluding hydrogens is 392 g/mol. The first kappa shape index (κ1) is 20.4. The highest BCUT2D eigenvalue weighted by molar-refractivity contribution is 6.14. The summed E-state index contributed by atoms with van der Waals surface area (Å²) in [5.74, 6) is 0.399. The molecule has 1 aliphatic rings. The number of carbonyl (C=O) groups excluding carboxylic acids is 2. The maximum atomic E-state index is 12.8. The van der Waals surface area contributed by atoms with Gasteiger partial charge < -0.3 is 14.2 Å². The monoisotopic (exact) mass is 414 g/mol. The number of hydrogen-bond donors (Lipinski definition) is 0. The first-order valence-corrected chi connectivity index (χ1v) is 10.1. The lowest BCUT2D eigenvalue weighted by atomic mass is 10.1. The Bertz CT molecular complexity index is 1150. The van der Waals surface area contributed by atoms with Gasteiger partial charge >= 0.3 is 5.97 Å². The van der Waals surface area contributed by atoms with Crippen LogP contribution in [0.15, 0.2) is 78.6 Å². The van der Waals surface area contributed by atoms with Crippen molar-refractivity contribution in [3.8, 4) is 11.5 Å². The highest BCUT2D eigenvalue weighted by Crippen LogP contribution is 2.36. The molecule has 5 heteroatoms. The van der Waals surface area contributed by atoms with Crippen LogP contribution in [-0.2, 0) is 9.53 Å². The number of carbonyl (C=O) groups is 2. The Labute approximate surface area is 180 Å². The van der Waals surface area contributed by atoms with Crippen LogP contribution < -0.4 is 9.47 Å². The molecule has 0 saturated heterocycles. The van der Waals surface area contributed by atoms with E-state index in [1.807, 2.05) is 49.4 Å². The van der Waals surface area contributed by atoms with E-state index < -0.39 is 12.1 Å². The summed E-state index contributed by atoms with van der Waals surface area (Å²) in [6.07, 6.45) is 0.821. The molecule has 0 spiro atoms. The molecule has 1 heterocycles. The topological polar surface area (TPSA) is 61.8 Å². The van der Waals surface area contributed by atoms with Crippen LogP contribution in [-0.4, -0.2) is 18.4 Å². The highest BCUT2D eigenvalue weighted by Gasteiger charge is 2.29. The largest absolute Gasteiger partial charge is 0.474 e. The minimum absolute atomic E-state index is 0.185. The molecule has 5 nitrogen and oxygen atoms in total. The van der Waals surface area contributed by atoms with Crippen LogP contribution in [0.4, 0.5) is 0 Å². The maximum Gasteiger partial charge on any atom is 0.352 e. The number of fused-ring (bicyclic) bond motifs is 1. The van der Waals surface area contributed by atoms with Crippen LogP contribution >= 0.6 is 0 Å². The van der Waals surface area contributed by atoms with E-state index in [2.05, 4.69) is 0 Å². The van der Waals surface area contributed by atoms with Gasteiger partial charge in [-0.05, 0) is 43.2 Å². The van der Waals surface area contributed by atoms with Crippen molar-refractivity contribution in [3.05, 3.63) is 101 Å². The molecule has 0 unspecified atom stereocenters. The molecule has 3 aromatic rings. The third kappa shape index (κ3) is 4.36. The van der Waals surface area contributed by atoms with Gasteiger partial charge in [-0.3, -0.25) is 4.79 Å². The van der Waals surface area contributed by atoms with Crippen molar-refractivity contribution in [2.24, 2.45) is 0 Å². The maximum absolute atomic E-state index is 12.8. The van der Waals surface area contributed by atoms with Crippen LogP contribution in [0.1, 0.15) is 40.1 Å². The summed E-state index contributed by atoms with van der Waals surface area (Å²) >= 11 is 0. The molecule has 156 valence electrons. The predicted octanol–water partition coefficient (Wildman–Crippen LogP) is 5.29. The lowest BCUT2D eigenvalue weighted by molar-refractivity contribution is -0.151. The van der Waals surface area contributed by atoms with Crippen LogP contribution in [0, 0.1) is 6.92 Å². The number of hydrogen-bond acceptors (Lipinski definition) is 5. The second kappa shape index (κ2) is 8.88. The average Bonchev–Trinajstić information content (AvgIpc) is 3.09. The van der Waals surface area contributed by atoms with E-state index in [4.69, 9.17) is 14.2 Å². The first-order valence-electron chi connectivity index (χ1n) is 10.1. The Morgan fingerprint density at radius 3 is 2.52 bits per heavy atom. The molecule has 0 N–H and O–H groups in total. The zero-order valence-electron chi connectivity index (χ0n) is 17.3. The standard InChI is InChI=1S/C26H22O5/c1-3-29-26(28)25(18-10-5-4-6-11-18)30-20-13-14-21-22(16-20)31-23(24(21)27)15-19-12-8-7-9-17(19)2/h4-16,25H,3H2,1-2H3/b23-15+/t25-/m0/s1. The molecule has 0 bridgehead atoms. The third-order valence-electron chi connectivity index (χ3n) is 4.97. The number of Topliss-reactive ketones (excluding diaryl/α,β-unsaturated/α-hetero) is 1. The molecule has 0 radical (unpaired) electrons. The van der Waals surface area contributed by atoms with E-state index in [1.54, 1.807) is 43.3 Å². The van der Waals surface area contributed by atoms with Crippen LogP contribution in [0.3, 0.4) is 0 Å². The van der Waals surface area contributed by atoms with Crippen molar-refractivity contribution in [2.45, 2.75) is 20.0 Å². The Kier molecular flexibility index (Phi) is 5.85. The summed E-state index contributed by atoms with van der Waals surface area (Å²) in [7, 11) is 0. The summed E-state index contributed by atoms with van der Waals surface area (Å²) < 4.78 is 17.0. The first-order chi connectivity index (χ1) is 15.1. The second-order valence-electron chi connectivity index (χ2n) is 7.11. The molecular formula is C26H22O5. The van der Waals surface area contributed by atoms with Gasteiger partial charge in [0.1, 0.15) is 11.5 Å². The number of rotatable bonds is 6. The van der Waals surface area contributed by atoms with Gasteiger partial charge in [0.2, 0.25) is 11.9 Å². The van der Waals surface area contributed by atoms with E-state index >= 15 is 0 Å². The summed E-state index contributed by atoms with van der Waals surface area (Å²) in [5.41, 5.74) is 3.10. The van der Waals surface area contributed by atoms with Gasteiger partial charge in [0.25, 0.3) is 0 Å². The zero-order valence-corrected chi connectivity index (χ0v) is 17.3. The Morgan fingerprint density at radius 1 is 1.03 bits per heavy atom. The zero-order chi connectivity index (χ0) is 21.8. The smallest absolute Gasteiger partial charge is 0.352 e. The van der Waals surface area contributed by atoms with Gasteiger partial charge in [0, 0.05) is 11.6 Å². The average molecular weight is 414 g/mol. The Hall–Kier alpha value is -3.86. The van der Waals surface area contributed by atoms with Crippen LogP contribution in [0.25, 0.3) is 6.08 Å². The third-order valence-corrected chi connectivity index (χ3v) is 4.97. The summed E-state index contributed by atoms with van der Waals surface area (Å²) in [4.78, 5) is 25.2. The fourth-order valence-electron chi connectivity index (χ4n) is 3.36. The summed E-state index contributed by atoms with van der Waals surface area (Å²) in [6, 6.07) is 21.8. The molecule has 1 atom stereocenters. The van der Waals surface area contributed by atoms with Gasteiger partial charge in [0.05, 0.1) is 12.2 Å². The van der Waals surface area contributed by atoms with E-state index in [0.29, 0.717) is 22.6 Å². The van der Waals surface area contributed by atoms with Crippen molar-refractivity contribution in [3.63, 3.8) is 0 Å². The van der Waals surface area contributed by atoms with Crippen molar-refractivity contribution < 1.29 is 23.8 Å². The minimum Gasteiger partial charge on any atom is -0.474 e. The fourth-order valence-corrected chi connectivity index (χ4v) is 3.36. The highest BCUT2D eigenvalue weighted by atomic mass is 16.6. The summed E-state index contributed by atoms with van der Waals surface area (Å²) in [5, 5.41) is 0. The SMILES string of the molecule is CCOC(=O)[C@@H](Oc1ccc2c(c1)O/C(=C/c1ccccc1C)C2=O)c1ccccc1.